The second-order valence-electron chi connectivity index (χ2n) is 8.19. The number of amides is 3. The van der Waals surface area contributed by atoms with Crippen LogP contribution in [0, 0.1) is 5.82 Å². The van der Waals surface area contributed by atoms with Gasteiger partial charge >= 0.3 is 0 Å². The van der Waals surface area contributed by atoms with Crippen molar-refractivity contribution in [1.29, 1.82) is 0 Å². The van der Waals surface area contributed by atoms with Crippen LogP contribution in [0.5, 0.6) is 0 Å². The number of halogens is 1. The number of carbonyl (C=O) groups is 3. The maximum absolute atomic E-state index is 13.6. The highest BCUT2D eigenvalue weighted by atomic mass is 19.1. The van der Waals surface area contributed by atoms with Gasteiger partial charge in [-0.25, -0.2) is 4.39 Å². The molecular weight excluding hydrogens is 427 g/mol. The fourth-order valence-corrected chi connectivity index (χ4v) is 3.87. The first-order valence-electron chi connectivity index (χ1n) is 11.3. The molecule has 3 N–H and O–H groups in total. The van der Waals surface area contributed by atoms with Gasteiger partial charge in [0, 0.05) is 44.2 Å². The van der Waals surface area contributed by atoms with Crippen molar-refractivity contribution >= 4 is 23.4 Å². The lowest BCUT2D eigenvalue weighted by atomic mass is 9.95. The Bertz CT molecular complexity index is 900. The highest BCUT2D eigenvalue weighted by Crippen LogP contribution is 2.35. The van der Waals surface area contributed by atoms with Crippen LogP contribution in [0.15, 0.2) is 29.5 Å². The number of ether oxygens (including phenoxy) is 1. The van der Waals surface area contributed by atoms with E-state index in [0.29, 0.717) is 49.2 Å². The summed E-state index contributed by atoms with van der Waals surface area (Å²) in [5.74, 6) is -1.30. The number of carbonyl (C=O) groups excluding carboxylic acids is 3. The van der Waals surface area contributed by atoms with Crippen molar-refractivity contribution in [2.24, 2.45) is 0 Å². The van der Waals surface area contributed by atoms with E-state index in [1.165, 1.54) is 17.0 Å². The molecule has 2 rings (SSSR count). The van der Waals surface area contributed by atoms with Gasteiger partial charge in [0.15, 0.2) is 6.10 Å². The number of nitrogens with one attached hydrogen (secondary N) is 3. The van der Waals surface area contributed by atoms with Crippen molar-refractivity contribution < 1.29 is 23.5 Å². The third-order valence-electron chi connectivity index (χ3n) is 5.64. The van der Waals surface area contributed by atoms with Crippen LogP contribution in [0.3, 0.4) is 0 Å². The zero-order valence-electron chi connectivity index (χ0n) is 20.1. The lowest BCUT2D eigenvalue weighted by molar-refractivity contribution is -0.140. The minimum atomic E-state index is -0.731. The molecule has 1 aliphatic rings. The van der Waals surface area contributed by atoms with E-state index in [-0.39, 0.29) is 36.0 Å². The first-order chi connectivity index (χ1) is 15.7. The van der Waals surface area contributed by atoms with Gasteiger partial charge in [-0.3, -0.25) is 14.4 Å². The van der Waals surface area contributed by atoms with E-state index in [9.17, 15) is 18.8 Å². The summed E-state index contributed by atoms with van der Waals surface area (Å²) < 4.78 is 19.0. The summed E-state index contributed by atoms with van der Waals surface area (Å²) in [6.45, 7) is 6.54. The van der Waals surface area contributed by atoms with Crippen LogP contribution in [-0.2, 0) is 19.1 Å². The van der Waals surface area contributed by atoms with Gasteiger partial charge < -0.3 is 25.6 Å². The van der Waals surface area contributed by atoms with Crippen LogP contribution in [0.4, 0.5) is 10.1 Å². The number of allylic oxidation sites excluding steroid dienone is 1. The van der Waals surface area contributed by atoms with Gasteiger partial charge in [-0.2, -0.15) is 0 Å². The Labute approximate surface area is 194 Å². The SMILES string of the molecule is CCOC(CNC(=O)/C(CC)=C(\C)NCCCC1C(=O)Nc2ccc(F)cc21)C(=O)N(C)C. The van der Waals surface area contributed by atoms with Crippen molar-refractivity contribution in [3.63, 3.8) is 0 Å². The van der Waals surface area contributed by atoms with Crippen LogP contribution in [0.25, 0.3) is 0 Å². The minimum absolute atomic E-state index is 0.0905. The number of rotatable bonds is 12. The number of benzene rings is 1. The first-order valence-corrected chi connectivity index (χ1v) is 11.3. The van der Waals surface area contributed by atoms with Crippen molar-refractivity contribution in [2.75, 3.05) is 39.1 Å². The fourth-order valence-electron chi connectivity index (χ4n) is 3.87. The second-order valence-corrected chi connectivity index (χ2v) is 8.19. The van der Waals surface area contributed by atoms with Gasteiger partial charge in [0.05, 0.1) is 12.5 Å². The van der Waals surface area contributed by atoms with Gasteiger partial charge in [0.25, 0.3) is 5.91 Å². The molecule has 0 spiro atoms. The van der Waals surface area contributed by atoms with E-state index in [2.05, 4.69) is 16.0 Å². The largest absolute Gasteiger partial charge is 0.388 e. The average Bonchev–Trinajstić information content (AvgIpc) is 3.08. The van der Waals surface area contributed by atoms with Crippen molar-refractivity contribution in [2.45, 2.75) is 52.1 Å². The standard InChI is InChI=1S/C24H35FN4O4/c1-6-17(22(30)27-14-21(33-7-2)24(32)29(4)5)15(3)26-12-8-9-18-19-13-16(25)10-11-20(19)28-23(18)31/h10-11,13,18,21,26H,6-9,12,14H2,1-5H3,(H,27,30)(H,28,31)/b17-15+. The molecule has 0 bridgehead atoms. The molecule has 1 aromatic carbocycles. The molecule has 33 heavy (non-hydrogen) atoms. The zero-order valence-corrected chi connectivity index (χ0v) is 20.1. The van der Waals surface area contributed by atoms with Crippen LogP contribution in [0.1, 0.15) is 51.5 Å². The molecule has 3 amide bonds. The highest BCUT2D eigenvalue weighted by Gasteiger charge is 2.30. The Morgan fingerprint density at radius 1 is 1.24 bits per heavy atom. The summed E-state index contributed by atoms with van der Waals surface area (Å²) in [6, 6.07) is 4.33. The number of hydrogen-bond acceptors (Lipinski definition) is 5. The van der Waals surface area contributed by atoms with Crippen molar-refractivity contribution in [1.82, 2.24) is 15.5 Å². The summed E-state index contributed by atoms with van der Waals surface area (Å²) in [6.07, 6.45) is 1.03. The maximum Gasteiger partial charge on any atom is 0.253 e. The Morgan fingerprint density at radius 2 is 1.97 bits per heavy atom. The smallest absolute Gasteiger partial charge is 0.253 e. The van der Waals surface area contributed by atoms with Gasteiger partial charge in [-0.05, 0) is 56.9 Å². The quantitative estimate of drug-likeness (QED) is 0.327. The van der Waals surface area contributed by atoms with Crippen LogP contribution in [-0.4, -0.2) is 62.5 Å². The van der Waals surface area contributed by atoms with Crippen LogP contribution < -0.4 is 16.0 Å². The van der Waals surface area contributed by atoms with Gasteiger partial charge in [-0.1, -0.05) is 6.92 Å². The normalized spacial score (nSPS) is 16.4. The lowest BCUT2D eigenvalue weighted by Crippen LogP contribution is -2.44. The monoisotopic (exact) mass is 462 g/mol. The van der Waals surface area contributed by atoms with E-state index < -0.39 is 6.10 Å². The van der Waals surface area contributed by atoms with Crippen molar-refractivity contribution in [3.05, 3.63) is 40.8 Å². The Balaban J connectivity index is 1.89. The summed E-state index contributed by atoms with van der Waals surface area (Å²) in [4.78, 5) is 38.6. The molecule has 1 heterocycles. The number of nitrogens with zero attached hydrogens (tertiary/aromatic N) is 1. The maximum atomic E-state index is 13.6. The molecule has 1 aromatic rings. The van der Waals surface area contributed by atoms with Gasteiger partial charge in [-0.15, -0.1) is 0 Å². The van der Waals surface area contributed by atoms with Crippen molar-refractivity contribution in [3.8, 4) is 0 Å². The Kier molecular flexibility index (Phi) is 9.84. The predicted octanol–water partition coefficient (Wildman–Crippen LogP) is 2.52. The number of fused-ring (bicyclic) bond motifs is 1. The Morgan fingerprint density at radius 3 is 2.61 bits per heavy atom. The molecule has 9 heteroatoms. The summed E-state index contributed by atoms with van der Waals surface area (Å²) in [7, 11) is 3.29. The number of likely N-dealkylation sites (N-methyl/N-ethyl adjacent to an activating group) is 1. The first kappa shape index (κ1) is 26.3. The molecule has 0 aromatic heterocycles. The molecule has 0 aliphatic carbocycles. The third kappa shape index (κ3) is 7.02. The zero-order chi connectivity index (χ0) is 24.5. The summed E-state index contributed by atoms with van der Waals surface area (Å²) in [5.41, 5.74) is 2.69. The van der Waals surface area contributed by atoms with E-state index in [1.807, 2.05) is 13.8 Å². The molecule has 0 radical (unpaired) electrons. The molecule has 0 saturated heterocycles. The third-order valence-corrected chi connectivity index (χ3v) is 5.64. The second kappa shape index (κ2) is 12.3. The van der Waals surface area contributed by atoms with E-state index >= 15 is 0 Å². The molecular formula is C24H35FN4O4. The molecule has 2 atom stereocenters. The Hall–Kier alpha value is -2.94. The molecule has 8 nitrogen and oxygen atoms in total. The molecule has 182 valence electrons. The molecule has 2 unspecified atom stereocenters. The van der Waals surface area contributed by atoms with E-state index in [4.69, 9.17) is 4.74 Å². The average molecular weight is 463 g/mol. The minimum Gasteiger partial charge on any atom is -0.388 e. The predicted molar refractivity (Wildman–Crippen MR) is 125 cm³/mol. The molecule has 1 aliphatic heterocycles. The van der Waals surface area contributed by atoms with E-state index in [0.717, 1.165) is 5.70 Å². The van der Waals surface area contributed by atoms with Crippen LogP contribution in [0.2, 0.25) is 0 Å². The highest BCUT2D eigenvalue weighted by molar-refractivity contribution is 6.02. The van der Waals surface area contributed by atoms with E-state index in [1.54, 1.807) is 27.1 Å². The number of anilines is 1. The summed E-state index contributed by atoms with van der Waals surface area (Å²) in [5, 5.41) is 8.83. The molecule has 0 fully saturated rings. The topological polar surface area (TPSA) is 99.8 Å². The van der Waals surface area contributed by atoms with Gasteiger partial charge in [0.2, 0.25) is 11.8 Å². The fraction of sp³-hybridized carbons (Fsp3) is 0.542. The van der Waals surface area contributed by atoms with Gasteiger partial charge in [0.1, 0.15) is 5.82 Å². The lowest BCUT2D eigenvalue weighted by Gasteiger charge is -2.21. The van der Waals surface area contributed by atoms with Crippen LogP contribution >= 0.6 is 0 Å². The number of hydrogen-bond donors (Lipinski definition) is 3. The molecule has 0 saturated carbocycles. The summed E-state index contributed by atoms with van der Waals surface area (Å²) >= 11 is 0.